The third kappa shape index (κ3) is 4.08. The van der Waals surface area contributed by atoms with Crippen molar-refractivity contribution in [2.45, 2.75) is 30.7 Å². The number of aromatic nitrogens is 1. The second kappa shape index (κ2) is 7.77. The molecule has 0 saturated carbocycles. The Morgan fingerprint density at radius 3 is 2.96 bits per heavy atom. The number of hydrogen-bond acceptors (Lipinski definition) is 6. The largest absolute Gasteiger partial charge is 0.324 e. The van der Waals surface area contributed by atoms with Crippen LogP contribution in [-0.2, 0) is 11.3 Å². The lowest BCUT2D eigenvalue weighted by molar-refractivity contribution is -0.113. The SMILES string of the molecule is O=C1CSc2ccc(C(=O)Nc3nc(CN4CCCCC4)cs3)cc2N1. The van der Waals surface area contributed by atoms with E-state index in [9.17, 15) is 9.59 Å². The number of fused-ring (bicyclic) bond motifs is 1. The zero-order valence-electron chi connectivity index (χ0n) is 14.3. The molecule has 1 aromatic heterocycles. The molecule has 0 bridgehead atoms. The smallest absolute Gasteiger partial charge is 0.257 e. The van der Waals surface area contributed by atoms with E-state index in [2.05, 4.69) is 20.5 Å². The maximum atomic E-state index is 12.5. The average Bonchev–Trinajstić information content (AvgIpc) is 3.08. The van der Waals surface area contributed by atoms with E-state index in [1.807, 2.05) is 11.4 Å². The highest BCUT2D eigenvalue weighted by atomic mass is 32.2. The number of hydrogen-bond donors (Lipinski definition) is 2. The van der Waals surface area contributed by atoms with Gasteiger partial charge in [-0.2, -0.15) is 0 Å². The first-order valence-corrected chi connectivity index (χ1v) is 10.6. The Morgan fingerprint density at radius 2 is 2.12 bits per heavy atom. The third-order valence-corrected chi connectivity index (χ3v) is 6.36. The fourth-order valence-corrected chi connectivity index (χ4v) is 4.66. The van der Waals surface area contributed by atoms with Crippen molar-refractivity contribution >= 4 is 45.7 Å². The van der Waals surface area contributed by atoms with Gasteiger partial charge in [0, 0.05) is 22.4 Å². The van der Waals surface area contributed by atoms with Crippen molar-refractivity contribution < 1.29 is 9.59 Å². The Kier molecular flexibility index (Phi) is 5.23. The van der Waals surface area contributed by atoms with E-state index in [0.717, 1.165) is 30.2 Å². The minimum atomic E-state index is -0.212. The van der Waals surface area contributed by atoms with Crippen LogP contribution in [-0.4, -0.2) is 40.5 Å². The quantitative estimate of drug-likeness (QED) is 0.839. The van der Waals surface area contributed by atoms with Crippen molar-refractivity contribution in [3.05, 3.63) is 34.8 Å². The molecule has 2 N–H and O–H groups in total. The first-order valence-electron chi connectivity index (χ1n) is 8.72. The number of anilines is 2. The zero-order chi connectivity index (χ0) is 17.9. The predicted molar refractivity (Wildman–Crippen MR) is 105 cm³/mol. The van der Waals surface area contributed by atoms with Gasteiger partial charge in [0.15, 0.2) is 5.13 Å². The summed E-state index contributed by atoms with van der Waals surface area (Å²) in [4.78, 5) is 32.0. The van der Waals surface area contributed by atoms with E-state index >= 15 is 0 Å². The Balaban J connectivity index is 1.40. The summed E-state index contributed by atoms with van der Waals surface area (Å²) >= 11 is 2.93. The monoisotopic (exact) mass is 388 g/mol. The van der Waals surface area contributed by atoms with E-state index < -0.39 is 0 Å². The maximum Gasteiger partial charge on any atom is 0.257 e. The number of piperidine rings is 1. The number of carbonyl (C=O) groups is 2. The number of benzene rings is 1. The molecule has 1 aromatic carbocycles. The molecule has 8 heteroatoms. The van der Waals surface area contributed by atoms with Gasteiger partial charge in [0.25, 0.3) is 5.91 Å². The molecular formula is C18H20N4O2S2. The highest BCUT2D eigenvalue weighted by Crippen LogP contribution is 2.32. The molecule has 0 aliphatic carbocycles. The van der Waals surface area contributed by atoms with Crippen molar-refractivity contribution in [1.82, 2.24) is 9.88 Å². The summed E-state index contributed by atoms with van der Waals surface area (Å²) in [6.45, 7) is 3.09. The molecule has 1 fully saturated rings. The summed E-state index contributed by atoms with van der Waals surface area (Å²) in [5.41, 5.74) is 2.21. The number of nitrogens with zero attached hydrogens (tertiary/aromatic N) is 2. The van der Waals surface area contributed by atoms with Crippen LogP contribution in [0, 0.1) is 0 Å². The summed E-state index contributed by atoms with van der Waals surface area (Å²) in [7, 11) is 0. The molecule has 136 valence electrons. The van der Waals surface area contributed by atoms with Crippen molar-refractivity contribution in [1.29, 1.82) is 0 Å². The highest BCUT2D eigenvalue weighted by Gasteiger charge is 2.18. The summed E-state index contributed by atoms with van der Waals surface area (Å²) in [5, 5.41) is 8.29. The van der Waals surface area contributed by atoms with Crippen molar-refractivity contribution in [2.75, 3.05) is 29.5 Å². The van der Waals surface area contributed by atoms with Crippen LogP contribution >= 0.6 is 23.1 Å². The van der Waals surface area contributed by atoms with Crippen LogP contribution in [0.5, 0.6) is 0 Å². The minimum Gasteiger partial charge on any atom is -0.324 e. The average molecular weight is 389 g/mol. The minimum absolute atomic E-state index is 0.0395. The van der Waals surface area contributed by atoms with E-state index in [1.165, 1.54) is 42.4 Å². The normalized spacial score (nSPS) is 17.5. The van der Waals surface area contributed by atoms with Crippen molar-refractivity contribution in [2.24, 2.45) is 0 Å². The van der Waals surface area contributed by atoms with E-state index in [1.54, 1.807) is 12.1 Å². The van der Waals surface area contributed by atoms with E-state index in [0.29, 0.717) is 22.1 Å². The second-order valence-electron chi connectivity index (χ2n) is 6.48. The van der Waals surface area contributed by atoms with Crippen LogP contribution < -0.4 is 10.6 Å². The van der Waals surface area contributed by atoms with Gasteiger partial charge in [-0.3, -0.25) is 19.8 Å². The van der Waals surface area contributed by atoms with E-state index in [4.69, 9.17) is 0 Å². The van der Waals surface area contributed by atoms with Crippen LogP contribution in [0.2, 0.25) is 0 Å². The molecule has 0 atom stereocenters. The van der Waals surface area contributed by atoms with Gasteiger partial charge < -0.3 is 5.32 Å². The van der Waals surface area contributed by atoms with Crippen LogP contribution in [0.3, 0.4) is 0 Å². The Morgan fingerprint density at radius 1 is 1.27 bits per heavy atom. The first kappa shape index (κ1) is 17.5. The number of amides is 2. The number of nitrogens with one attached hydrogen (secondary N) is 2. The summed E-state index contributed by atoms with van der Waals surface area (Å²) in [5.74, 6) is 0.163. The molecule has 2 aliphatic heterocycles. The highest BCUT2D eigenvalue weighted by molar-refractivity contribution is 8.00. The second-order valence-corrected chi connectivity index (χ2v) is 8.36. The Hall–Kier alpha value is -1.90. The Labute approximate surface area is 160 Å². The molecule has 3 heterocycles. The van der Waals surface area contributed by atoms with Crippen molar-refractivity contribution in [3.8, 4) is 0 Å². The van der Waals surface area contributed by atoms with Gasteiger partial charge in [-0.1, -0.05) is 6.42 Å². The van der Waals surface area contributed by atoms with Crippen molar-refractivity contribution in [3.63, 3.8) is 0 Å². The number of thiazole rings is 1. The summed E-state index contributed by atoms with van der Waals surface area (Å²) in [6, 6.07) is 5.37. The maximum absolute atomic E-state index is 12.5. The third-order valence-electron chi connectivity index (χ3n) is 4.48. The van der Waals surface area contributed by atoms with Gasteiger partial charge in [-0.15, -0.1) is 23.1 Å². The summed E-state index contributed by atoms with van der Waals surface area (Å²) < 4.78 is 0. The number of carbonyl (C=O) groups excluding carboxylic acids is 2. The lowest BCUT2D eigenvalue weighted by Crippen LogP contribution is -2.29. The molecule has 0 radical (unpaired) electrons. The number of thioether (sulfide) groups is 1. The molecule has 2 amide bonds. The van der Waals surface area contributed by atoms with Gasteiger partial charge >= 0.3 is 0 Å². The fraction of sp³-hybridized carbons (Fsp3) is 0.389. The fourth-order valence-electron chi connectivity index (χ4n) is 3.18. The molecule has 1 saturated heterocycles. The van der Waals surface area contributed by atoms with Gasteiger partial charge in [0.05, 0.1) is 17.1 Å². The van der Waals surface area contributed by atoms with E-state index in [-0.39, 0.29) is 11.8 Å². The molecule has 26 heavy (non-hydrogen) atoms. The van der Waals surface area contributed by atoms with Gasteiger partial charge in [-0.05, 0) is 44.1 Å². The molecule has 4 rings (SSSR count). The molecule has 0 spiro atoms. The lowest BCUT2D eigenvalue weighted by Gasteiger charge is -2.25. The topological polar surface area (TPSA) is 74.3 Å². The standard InChI is InChI=1S/C18H20N4O2S2/c23-16-11-25-15-5-4-12(8-14(15)20-16)17(24)21-18-19-13(10-26-18)9-22-6-2-1-3-7-22/h4-5,8,10H,1-3,6-7,9,11H2,(H,20,23)(H,19,21,24). The first-order chi connectivity index (χ1) is 12.7. The number of rotatable bonds is 4. The van der Waals surface area contributed by atoms with Crippen LogP contribution in [0.1, 0.15) is 35.3 Å². The molecule has 0 unspecified atom stereocenters. The van der Waals surface area contributed by atoms with Gasteiger partial charge in [0.2, 0.25) is 5.91 Å². The lowest BCUT2D eigenvalue weighted by atomic mass is 10.1. The van der Waals surface area contributed by atoms with Crippen LogP contribution in [0.25, 0.3) is 0 Å². The van der Waals surface area contributed by atoms with Crippen LogP contribution in [0.4, 0.5) is 10.8 Å². The molecular weight excluding hydrogens is 368 g/mol. The van der Waals surface area contributed by atoms with Gasteiger partial charge in [0.1, 0.15) is 0 Å². The molecule has 2 aliphatic rings. The predicted octanol–water partition coefficient (Wildman–Crippen LogP) is 3.43. The summed E-state index contributed by atoms with van der Waals surface area (Å²) in [6.07, 6.45) is 3.82. The molecule has 6 nitrogen and oxygen atoms in total. The number of likely N-dealkylation sites (tertiary alicyclic amines) is 1. The molecule has 2 aromatic rings. The zero-order valence-corrected chi connectivity index (χ0v) is 15.9. The van der Waals surface area contributed by atoms with Gasteiger partial charge in [-0.25, -0.2) is 4.98 Å². The Bertz CT molecular complexity index is 830. The van der Waals surface area contributed by atoms with Crippen LogP contribution in [0.15, 0.2) is 28.5 Å².